The molecule has 0 spiro atoms. The van der Waals surface area contributed by atoms with Gasteiger partial charge in [0.25, 0.3) is 0 Å². The van der Waals surface area contributed by atoms with Crippen molar-refractivity contribution in [2.45, 2.75) is 0 Å². The predicted molar refractivity (Wildman–Crippen MR) is 30.3 cm³/mol. The first-order valence-corrected chi connectivity index (χ1v) is 2.43. The van der Waals surface area contributed by atoms with E-state index in [1.807, 2.05) is 0 Å². The maximum absolute atomic E-state index is 9.93. The van der Waals surface area contributed by atoms with E-state index >= 15 is 0 Å². The molecule has 9 heavy (non-hydrogen) atoms. The Hall–Kier alpha value is -1.10. The first kappa shape index (κ1) is 6.03. The molecule has 0 atom stereocenters. The molecule has 0 amide bonds. The Morgan fingerprint density at radius 1 is 1.89 bits per heavy atom. The first-order valence-electron chi connectivity index (χ1n) is 2.05. The lowest BCUT2D eigenvalue weighted by Crippen LogP contribution is -1.87. The first-order chi connectivity index (χ1) is 4.22. The maximum Gasteiger partial charge on any atom is 0.359 e. The lowest BCUT2D eigenvalue weighted by molar-refractivity contribution is -0.389. The largest absolute Gasteiger partial charge is 0.359 e. The molecule has 1 aromatic rings. The van der Waals surface area contributed by atoms with Gasteiger partial charge in [0.15, 0.2) is 6.33 Å². The van der Waals surface area contributed by atoms with Crippen LogP contribution in [0, 0.1) is 10.1 Å². The monoisotopic (exact) mass is 147 g/mol. The molecule has 0 radical (unpaired) electrons. The number of nitrogens with one attached hydrogen (secondary N) is 1. The topological polar surface area (TPSA) is 71.8 Å². The van der Waals surface area contributed by atoms with Gasteiger partial charge in [0, 0.05) is 0 Å². The molecule has 1 aromatic heterocycles. The molecular formula is C3H2ClN3O2. The summed E-state index contributed by atoms with van der Waals surface area (Å²) in [5, 5.41) is 9.82. The van der Waals surface area contributed by atoms with Crippen LogP contribution >= 0.6 is 11.6 Å². The number of hydrogen-bond acceptors (Lipinski definition) is 3. The van der Waals surface area contributed by atoms with Crippen LogP contribution in [0.15, 0.2) is 6.33 Å². The van der Waals surface area contributed by atoms with Gasteiger partial charge in [-0.15, -0.1) is 0 Å². The third kappa shape index (κ3) is 0.996. The van der Waals surface area contributed by atoms with Gasteiger partial charge in [-0.1, -0.05) is 11.6 Å². The highest BCUT2D eigenvalue weighted by Gasteiger charge is 2.10. The van der Waals surface area contributed by atoms with E-state index < -0.39 is 4.92 Å². The van der Waals surface area contributed by atoms with Crippen LogP contribution in [0.25, 0.3) is 0 Å². The average Bonchev–Trinajstić information content (AvgIpc) is 2.13. The Labute approximate surface area is 54.8 Å². The van der Waals surface area contributed by atoms with Gasteiger partial charge in [-0.2, -0.15) is 4.98 Å². The summed E-state index contributed by atoms with van der Waals surface area (Å²) in [5.74, 6) is -0.267. The second-order valence-corrected chi connectivity index (χ2v) is 1.66. The van der Waals surface area contributed by atoms with E-state index in [1.165, 1.54) is 6.33 Å². The van der Waals surface area contributed by atoms with Crippen LogP contribution in [0.1, 0.15) is 0 Å². The average molecular weight is 148 g/mol. The zero-order valence-corrected chi connectivity index (χ0v) is 4.92. The molecule has 0 aliphatic carbocycles. The maximum atomic E-state index is 9.93. The highest BCUT2D eigenvalue weighted by molar-refractivity contribution is 6.31. The minimum atomic E-state index is -0.630. The molecule has 0 bridgehead atoms. The van der Waals surface area contributed by atoms with Crippen LogP contribution in [0.2, 0.25) is 5.15 Å². The molecule has 0 saturated heterocycles. The van der Waals surface area contributed by atoms with E-state index in [2.05, 4.69) is 9.97 Å². The van der Waals surface area contributed by atoms with Crippen LogP contribution in [-0.2, 0) is 0 Å². The van der Waals surface area contributed by atoms with Crippen molar-refractivity contribution >= 4 is 17.4 Å². The Morgan fingerprint density at radius 2 is 2.56 bits per heavy atom. The fourth-order valence-electron chi connectivity index (χ4n) is 0.399. The molecular weight excluding hydrogens is 146 g/mol. The molecule has 1 rings (SSSR count). The van der Waals surface area contributed by atoms with Crippen molar-refractivity contribution in [1.82, 2.24) is 9.97 Å². The molecule has 48 valence electrons. The number of aromatic amines is 1. The third-order valence-electron chi connectivity index (χ3n) is 0.757. The fraction of sp³-hybridized carbons (Fsp3) is 0. The van der Waals surface area contributed by atoms with E-state index in [4.69, 9.17) is 11.6 Å². The summed E-state index contributed by atoms with van der Waals surface area (Å²) >= 11 is 5.25. The number of rotatable bonds is 1. The van der Waals surface area contributed by atoms with Crippen molar-refractivity contribution in [3.63, 3.8) is 0 Å². The second-order valence-electron chi connectivity index (χ2n) is 1.30. The molecule has 0 fully saturated rings. The van der Waals surface area contributed by atoms with Gasteiger partial charge in [0.05, 0.1) is 0 Å². The summed E-state index contributed by atoms with van der Waals surface area (Å²) < 4.78 is 0. The second kappa shape index (κ2) is 2.02. The van der Waals surface area contributed by atoms with Crippen LogP contribution in [0.4, 0.5) is 5.82 Å². The number of hydrogen-bond donors (Lipinski definition) is 1. The highest BCUT2D eigenvalue weighted by Crippen LogP contribution is 2.16. The molecule has 0 aliphatic heterocycles. The summed E-state index contributed by atoms with van der Waals surface area (Å²) in [6.45, 7) is 0. The minimum absolute atomic E-state index is 0.111. The SMILES string of the molecule is O=[N+]([O-])c1[nH]cnc1Cl. The summed E-state index contributed by atoms with van der Waals surface area (Å²) in [5.41, 5.74) is 0. The van der Waals surface area contributed by atoms with Crippen molar-refractivity contribution in [3.8, 4) is 0 Å². The molecule has 1 N–H and O–H groups in total. The van der Waals surface area contributed by atoms with Crippen molar-refractivity contribution in [1.29, 1.82) is 0 Å². The Morgan fingerprint density at radius 3 is 2.78 bits per heavy atom. The van der Waals surface area contributed by atoms with Crippen molar-refractivity contribution in [3.05, 3.63) is 21.6 Å². The lowest BCUT2D eigenvalue weighted by Gasteiger charge is -1.86. The van der Waals surface area contributed by atoms with Gasteiger partial charge in [0.1, 0.15) is 0 Å². The van der Waals surface area contributed by atoms with Crippen molar-refractivity contribution in [2.24, 2.45) is 0 Å². The normalized spacial score (nSPS) is 9.44. The quantitative estimate of drug-likeness (QED) is 0.475. The summed E-state index contributed by atoms with van der Waals surface area (Å²) in [6.07, 6.45) is 1.17. The van der Waals surface area contributed by atoms with E-state index in [0.717, 1.165) is 0 Å². The van der Waals surface area contributed by atoms with Gasteiger partial charge in [-0.05, 0) is 4.92 Å². The summed E-state index contributed by atoms with van der Waals surface area (Å²) in [4.78, 5) is 15.0. The minimum Gasteiger partial charge on any atom is -0.358 e. The van der Waals surface area contributed by atoms with Gasteiger partial charge in [-0.3, -0.25) is 0 Å². The molecule has 6 heteroatoms. The fourth-order valence-corrected chi connectivity index (χ4v) is 0.571. The third-order valence-corrected chi connectivity index (χ3v) is 1.03. The van der Waals surface area contributed by atoms with E-state index in [-0.39, 0.29) is 11.0 Å². The van der Waals surface area contributed by atoms with Crippen molar-refractivity contribution < 1.29 is 4.92 Å². The molecule has 1 heterocycles. The van der Waals surface area contributed by atoms with Gasteiger partial charge in [0.2, 0.25) is 5.15 Å². The number of halogens is 1. The highest BCUT2D eigenvalue weighted by atomic mass is 35.5. The van der Waals surface area contributed by atoms with Crippen molar-refractivity contribution in [2.75, 3.05) is 0 Å². The smallest absolute Gasteiger partial charge is 0.358 e. The van der Waals surface area contributed by atoms with Gasteiger partial charge < -0.3 is 10.1 Å². The molecule has 0 aliphatic rings. The number of aromatic nitrogens is 2. The van der Waals surface area contributed by atoms with Crippen LogP contribution < -0.4 is 0 Å². The van der Waals surface area contributed by atoms with Gasteiger partial charge >= 0.3 is 5.82 Å². The zero-order chi connectivity index (χ0) is 6.85. The van der Waals surface area contributed by atoms with E-state index in [9.17, 15) is 10.1 Å². The van der Waals surface area contributed by atoms with E-state index in [0.29, 0.717) is 0 Å². The van der Waals surface area contributed by atoms with Crippen LogP contribution in [0.3, 0.4) is 0 Å². The molecule has 0 aromatic carbocycles. The predicted octanol–water partition coefficient (Wildman–Crippen LogP) is 0.971. The summed E-state index contributed by atoms with van der Waals surface area (Å²) in [6, 6.07) is 0. The molecule has 0 saturated carbocycles. The van der Waals surface area contributed by atoms with Crippen LogP contribution in [-0.4, -0.2) is 14.9 Å². The Kier molecular flexibility index (Phi) is 1.35. The summed E-state index contributed by atoms with van der Waals surface area (Å²) in [7, 11) is 0. The molecule has 0 unspecified atom stereocenters. The number of nitro groups is 1. The Balaban J connectivity index is 3.08. The standard InChI is InChI=1S/C3H2ClN3O2/c4-2-3(7(8)9)6-1-5-2/h1H,(H,5,6). The number of imidazole rings is 1. The molecule has 5 nitrogen and oxygen atoms in total. The lowest BCUT2D eigenvalue weighted by atomic mass is 10.8. The Bertz CT molecular complexity index is 233. The zero-order valence-electron chi connectivity index (χ0n) is 4.17. The van der Waals surface area contributed by atoms with E-state index in [1.54, 1.807) is 0 Å². The van der Waals surface area contributed by atoms with Crippen LogP contribution in [0.5, 0.6) is 0 Å². The number of nitrogens with zero attached hydrogens (tertiary/aromatic N) is 2. The van der Waals surface area contributed by atoms with Gasteiger partial charge in [-0.25, -0.2) is 4.98 Å². The number of H-pyrrole nitrogens is 1.